The molecule has 0 saturated heterocycles. The van der Waals surface area contributed by atoms with Crippen molar-refractivity contribution < 1.29 is 9.18 Å². The number of nitrogens with one attached hydrogen (secondary N) is 2. The molecule has 2 aromatic rings. The highest BCUT2D eigenvalue weighted by Gasteiger charge is 2.06. The van der Waals surface area contributed by atoms with Crippen LogP contribution in [-0.2, 0) is 0 Å². The molecule has 17 heavy (non-hydrogen) atoms. The van der Waals surface area contributed by atoms with Crippen molar-refractivity contribution in [3.63, 3.8) is 0 Å². The highest BCUT2D eigenvalue weighted by Crippen LogP contribution is 2.10. The van der Waals surface area contributed by atoms with Crippen LogP contribution in [0.4, 0.5) is 10.1 Å². The molecule has 0 atom stereocenters. The summed E-state index contributed by atoms with van der Waals surface area (Å²) in [5, 5.41) is 2.49. The second-order valence-corrected chi connectivity index (χ2v) is 3.41. The van der Waals surface area contributed by atoms with Gasteiger partial charge in [0.05, 0.1) is 0 Å². The zero-order chi connectivity index (χ0) is 12.3. The molecule has 2 rings (SSSR count). The molecule has 2 N–H and O–H groups in total. The number of carbonyl (C=O) groups excluding carboxylic acids is 1. The minimum absolute atomic E-state index is 0.220. The van der Waals surface area contributed by atoms with Crippen LogP contribution >= 0.6 is 0 Å². The third-order valence-corrected chi connectivity index (χ3v) is 2.12. The van der Waals surface area contributed by atoms with Crippen LogP contribution < -0.4 is 10.9 Å². The highest BCUT2D eigenvalue weighted by molar-refractivity contribution is 6.04. The Hall–Kier alpha value is -2.43. The number of halogens is 1. The first-order chi connectivity index (χ1) is 8.15. The second-order valence-electron chi connectivity index (χ2n) is 3.41. The largest absolute Gasteiger partial charge is 0.329 e. The van der Waals surface area contributed by atoms with Gasteiger partial charge in [-0.1, -0.05) is 6.07 Å². The quantitative estimate of drug-likeness (QED) is 0.828. The number of hydrogen-bond donors (Lipinski definition) is 2. The maximum Gasteiger partial charge on any atom is 0.255 e. The molecule has 1 aromatic heterocycles. The molecule has 0 aliphatic heterocycles. The van der Waals surface area contributed by atoms with Crippen molar-refractivity contribution in [3.8, 4) is 0 Å². The van der Waals surface area contributed by atoms with Gasteiger partial charge in [-0.25, -0.2) is 4.39 Å². The Morgan fingerprint density at radius 1 is 1.24 bits per heavy atom. The summed E-state index contributed by atoms with van der Waals surface area (Å²) in [5.41, 5.74) is 0.199. The van der Waals surface area contributed by atoms with E-state index in [9.17, 15) is 14.0 Å². The molecule has 5 heteroatoms. The third-order valence-electron chi connectivity index (χ3n) is 2.12. The van der Waals surface area contributed by atoms with Gasteiger partial charge in [-0.3, -0.25) is 9.59 Å². The minimum Gasteiger partial charge on any atom is -0.329 e. The SMILES string of the molecule is O=C(Nc1cccc(F)c1)c1cc[nH]c(=O)c1. The van der Waals surface area contributed by atoms with E-state index in [2.05, 4.69) is 10.3 Å². The standard InChI is InChI=1S/C12H9FN2O2/c13-9-2-1-3-10(7-9)15-12(17)8-4-5-14-11(16)6-8/h1-7H,(H,14,16)(H,15,17). The molecular formula is C12H9FN2O2. The molecule has 1 amide bonds. The lowest BCUT2D eigenvalue weighted by Gasteiger charge is -2.04. The molecule has 0 bridgehead atoms. The molecule has 0 fully saturated rings. The Balaban J connectivity index is 2.20. The summed E-state index contributed by atoms with van der Waals surface area (Å²) in [5.74, 6) is -0.893. The van der Waals surface area contributed by atoms with Gasteiger partial charge < -0.3 is 10.3 Å². The van der Waals surface area contributed by atoms with Crippen molar-refractivity contribution in [2.24, 2.45) is 0 Å². The maximum atomic E-state index is 12.9. The maximum absolute atomic E-state index is 12.9. The first-order valence-electron chi connectivity index (χ1n) is 4.91. The summed E-state index contributed by atoms with van der Waals surface area (Å²) in [6.07, 6.45) is 1.38. The van der Waals surface area contributed by atoms with Crippen LogP contribution in [0.2, 0.25) is 0 Å². The van der Waals surface area contributed by atoms with Crippen molar-refractivity contribution >= 4 is 11.6 Å². The van der Waals surface area contributed by atoms with Gasteiger partial charge in [0.25, 0.3) is 5.91 Å². The zero-order valence-electron chi connectivity index (χ0n) is 8.74. The molecule has 1 heterocycles. The van der Waals surface area contributed by atoms with Gasteiger partial charge in [0.2, 0.25) is 5.56 Å². The van der Waals surface area contributed by atoms with Gasteiger partial charge in [0, 0.05) is 23.5 Å². The van der Waals surface area contributed by atoms with E-state index < -0.39 is 11.7 Å². The van der Waals surface area contributed by atoms with E-state index in [0.29, 0.717) is 5.69 Å². The van der Waals surface area contributed by atoms with Crippen LogP contribution in [0.25, 0.3) is 0 Å². The lowest BCUT2D eigenvalue weighted by molar-refractivity contribution is 0.102. The summed E-state index contributed by atoms with van der Waals surface area (Å²) < 4.78 is 12.9. The molecule has 0 aliphatic rings. The van der Waals surface area contributed by atoms with Crippen LogP contribution in [0.5, 0.6) is 0 Å². The molecule has 86 valence electrons. The van der Waals surface area contributed by atoms with Crippen molar-refractivity contribution in [1.29, 1.82) is 0 Å². The van der Waals surface area contributed by atoms with E-state index in [0.717, 1.165) is 0 Å². The predicted molar refractivity (Wildman–Crippen MR) is 61.4 cm³/mol. The molecular weight excluding hydrogens is 223 g/mol. The number of aromatic nitrogens is 1. The molecule has 1 aromatic carbocycles. The Morgan fingerprint density at radius 3 is 2.76 bits per heavy atom. The fourth-order valence-electron chi connectivity index (χ4n) is 1.36. The number of rotatable bonds is 2. The molecule has 0 spiro atoms. The van der Waals surface area contributed by atoms with Crippen LogP contribution in [0.15, 0.2) is 47.4 Å². The minimum atomic E-state index is -0.457. The number of anilines is 1. The fourth-order valence-corrected chi connectivity index (χ4v) is 1.36. The van der Waals surface area contributed by atoms with Gasteiger partial charge >= 0.3 is 0 Å². The van der Waals surface area contributed by atoms with Crippen molar-refractivity contribution in [1.82, 2.24) is 4.98 Å². The van der Waals surface area contributed by atoms with Crippen molar-refractivity contribution in [2.75, 3.05) is 5.32 Å². The van der Waals surface area contributed by atoms with E-state index in [1.54, 1.807) is 6.07 Å². The molecule has 0 saturated carbocycles. The van der Waals surface area contributed by atoms with Crippen LogP contribution in [0.1, 0.15) is 10.4 Å². The van der Waals surface area contributed by atoms with E-state index >= 15 is 0 Å². The monoisotopic (exact) mass is 232 g/mol. The van der Waals surface area contributed by atoms with Crippen LogP contribution in [0, 0.1) is 5.82 Å². The molecule has 0 aliphatic carbocycles. The average Bonchev–Trinajstić information content (AvgIpc) is 2.29. The molecule has 0 unspecified atom stereocenters. The average molecular weight is 232 g/mol. The van der Waals surface area contributed by atoms with Crippen LogP contribution in [-0.4, -0.2) is 10.9 Å². The number of carbonyl (C=O) groups is 1. The summed E-state index contributed by atoms with van der Waals surface area (Å²) in [6, 6.07) is 8.18. The number of pyridine rings is 1. The van der Waals surface area contributed by atoms with Gasteiger partial charge in [0.1, 0.15) is 5.82 Å². The van der Waals surface area contributed by atoms with Gasteiger partial charge in [-0.15, -0.1) is 0 Å². The zero-order valence-corrected chi connectivity index (χ0v) is 8.74. The molecule has 4 nitrogen and oxygen atoms in total. The Kier molecular flexibility index (Phi) is 3.00. The Morgan fingerprint density at radius 2 is 2.06 bits per heavy atom. The van der Waals surface area contributed by atoms with E-state index in [1.807, 2.05) is 0 Å². The van der Waals surface area contributed by atoms with E-state index in [4.69, 9.17) is 0 Å². The second kappa shape index (κ2) is 4.61. The lowest BCUT2D eigenvalue weighted by atomic mass is 10.2. The van der Waals surface area contributed by atoms with Gasteiger partial charge in [-0.2, -0.15) is 0 Å². The lowest BCUT2D eigenvalue weighted by Crippen LogP contribution is -2.15. The number of H-pyrrole nitrogens is 1. The number of hydrogen-bond acceptors (Lipinski definition) is 2. The molecule has 0 radical (unpaired) electrons. The van der Waals surface area contributed by atoms with Gasteiger partial charge in [-0.05, 0) is 24.3 Å². The Bertz CT molecular complexity index is 607. The summed E-state index contributed by atoms with van der Waals surface area (Å²) in [7, 11) is 0. The third kappa shape index (κ3) is 2.78. The Labute approximate surface area is 96.1 Å². The van der Waals surface area contributed by atoms with E-state index in [1.165, 1.54) is 36.5 Å². The number of amides is 1. The van der Waals surface area contributed by atoms with Crippen molar-refractivity contribution in [2.45, 2.75) is 0 Å². The van der Waals surface area contributed by atoms with Crippen LogP contribution in [0.3, 0.4) is 0 Å². The highest BCUT2D eigenvalue weighted by atomic mass is 19.1. The normalized spacial score (nSPS) is 9.94. The van der Waals surface area contributed by atoms with E-state index in [-0.39, 0.29) is 11.1 Å². The summed E-state index contributed by atoms with van der Waals surface area (Å²) >= 11 is 0. The fraction of sp³-hybridized carbons (Fsp3) is 0. The first kappa shape index (κ1) is 11.1. The topological polar surface area (TPSA) is 62.0 Å². The number of benzene rings is 1. The van der Waals surface area contributed by atoms with Gasteiger partial charge in [0.15, 0.2) is 0 Å². The number of aromatic amines is 1. The smallest absolute Gasteiger partial charge is 0.255 e. The summed E-state index contributed by atoms with van der Waals surface area (Å²) in [6.45, 7) is 0. The predicted octanol–water partition coefficient (Wildman–Crippen LogP) is 1.77. The summed E-state index contributed by atoms with van der Waals surface area (Å²) in [4.78, 5) is 25.1. The van der Waals surface area contributed by atoms with Crippen molar-refractivity contribution in [3.05, 3.63) is 64.3 Å². The first-order valence-corrected chi connectivity index (χ1v) is 4.91.